The number of rotatable bonds is 4. The van der Waals surface area contributed by atoms with Crippen LogP contribution in [0.5, 0.6) is 0 Å². The maximum absolute atomic E-state index is 13.9. The standard InChI is InChI=1S/C16H16BrFN2S/c1-10(12-5-3-4-6-15(12)18)20(2)11-7-8-13(16(19)21)14(17)9-11/h3-10H,1-2H3,(H2,19,21). The Balaban J connectivity index is 2.32. The Morgan fingerprint density at radius 3 is 2.52 bits per heavy atom. The lowest BCUT2D eigenvalue weighted by Crippen LogP contribution is -2.22. The lowest BCUT2D eigenvalue weighted by molar-refractivity contribution is 0.585. The smallest absolute Gasteiger partial charge is 0.128 e. The largest absolute Gasteiger partial charge is 0.389 e. The van der Waals surface area contributed by atoms with E-state index in [0.717, 1.165) is 15.7 Å². The van der Waals surface area contributed by atoms with Gasteiger partial charge in [0.25, 0.3) is 0 Å². The number of nitrogens with two attached hydrogens (primary N) is 1. The van der Waals surface area contributed by atoms with Crippen LogP contribution in [0, 0.1) is 5.82 Å². The van der Waals surface area contributed by atoms with Gasteiger partial charge in [-0.15, -0.1) is 0 Å². The van der Waals surface area contributed by atoms with Gasteiger partial charge >= 0.3 is 0 Å². The fourth-order valence-electron chi connectivity index (χ4n) is 2.17. The fourth-order valence-corrected chi connectivity index (χ4v) is 3.06. The summed E-state index contributed by atoms with van der Waals surface area (Å²) >= 11 is 8.46. The fraction of sp³-hybridized carbons (Fsp3) is 0.188. The van der Waals surface area contributed by atoms with Gasteiger partial charge in [0.2, 0.25) is 0 Å². The van der Waals surface area contributed by atoms with Crippen LogP contribution in [-0.2, 0) is 0 Å². The van der Waals surface area contributed by atoms with E-state index >= 15 is 0 Å². The molecular weight excluding hydrogens is 351 g/mol. The van der Waals surface area contributed by atoms with Crippen LogP contribution in [0.2, 0.25) is 0 Å². The first-order valence-electron chi connectivity index (χ1n) is 6.48. The van der Waals surface area contributed by atoms with Crippen molar-refractivity contribution in [3.63, 3.8) is 0 Å². The number of anilines is 1. The molecule has 0 saturated carbocycles. The molecule has 0 aliphatic heterocycles. The molecule has 0 aliphatic rings. The summed E-state index contributed by atoms with van der Waals surface area (Å²) in [7, 11) is 1.93. The van der Waals surface area contributed by atoms with Gasteiger partial charge in [0, 0.05) is 28.3 Å². The summed E-state index contributed by atoms with van der Waals surface area (Å²) in [5.41, 5.74) is 8.06. The minimum absolute atomic E-state index is 0.0891. The van der Waals surface area contributed by atoms with Crippen LogP contribution < -0.4 is 10.6 Å². The summed E-state index contributed by atoms with van der Waals surface area (Å²) in [6.07, 6.45) is 0. The van der Waals surface area contributed by atoms with E-state index in [9.17, 15) is 4.39 Å². The lowest BCUT2D eigenvalue weighted by Gasteiger charge is -2.28. The summed E-state index contributed by atoms with van der Waals surface area (Å²) < 4.78 is 14.7. The molecule has 2 rings (SSSR count). The number of benzene rings is 2. The number of halogens is 2. The molecule has 0 amide bonds. The molecule has 0 aliphatic carbocycles. The second-order valence-electron chi connectivity index (χ2n) is 4.84. The Labute approximate surface area is 137 Å². The SMILES string of the molecule is CC(c1ccccc1F)N(C)c1ccc(C(N)=S)c(Br)c1. The van der Waals surface area contributed by atoms with E-state index in [1.807, 2.05) is 43.1 Å². The van der Waals surface area contributed by atoms with Crippen molar-refractivity contribution < 1.29 is 4.39 Å². The second-order valence-corrected chi connectivity index (χ2v) is 6.13. The quantitative estimate of drug-likeness (QED) is 0.812. The predicted octanol–water partition coefficient (Wildman–Crippen LogP) is 4.42. The van der Waals surface area contributed by atoms with Gasteiger partial charge in [-0.25, -0.2) is 4.39 Å². The van der Waals surface area contributed by atoms with E-state index in [-0.39, 0.29) is 11.9 Å². The van der Waals surface area contributed by atoms with Crippen molar-refractivity contribution in [2.24, 2.45) is 5.73 Å². The maximum Gasteiger partial charge on any atom is 0.128 e. The van der Waals surface area contributed by atoms with Gasteiger partial charge in [-0.3, -0.25) is 0 Å². The summed E-state index contributed by atoms with van der Waals surface area (Å²) in [4.78, 5) is 2.35. The number of hydrogen-bond acceptors (Lipinski definition) is 2. The minimum atomic E-state index is -0.198. The van der Waals surface area contributed by atoms with Gasteiger partial charge in [-0.1, -0.05) is 30.4 Å². The Kier molecular flexibility index (Phi) is 4.96. The summed E-state index contributed by atoms with van der Waals surface area (Å²) in [6, 6.07) is 12.5. The van der Waals surface area contributed by atoms with Crippen molar-refractivity contribution in [3.05, 3.63) is 63.9 Å². The summed E-state index contributed by atoms with van der Waals surface area (Å²) in [5, 5.41) is 0. The van der Waals surface area contributed by atoms with Crippen LogP contribution >= 0.6 is 28.1 Å². The maximum atomic E-state index is 13.9. The average Bonchev–Trinajstić information content (AvgIpc) is 2.45. The molecule has 0 radical (unpaired) electrons. The van der Waals surface area contributed by atoms with E-state index in [2.05, 4.69) is 15.9 Å². The summed E-state index contributed by atoms with van der Waals surface area (Å²) in [6.45, 7) is 1.97. The van der Waals surface area contributed by atoms with Gasteiger partial charge < -0.3 is 10.6 Å². The van der Waals surface area contributed by atoms with Crippen LogP contribution in [0.25, 0.3) is 0 Å². The normalized spacial score (nSPS) is 12.0. The molecular formula is C16H16BrFN2S. The Hall–Kier alpha value is -1.46. The zero-order chi connectivity index (χ0) is 15.6. The zero-order valence-electron chi connectivity index (χ0n) is 11.8. The molecule has 110 valence electrons. The van der Waals surface area contributed by atoms with Gasteiger partial charge in [0.15, 0.2) is 0 Å². The highest BCUT2D eigenvalue weighted by Crippen LogP contribution is 2.30. The molecule has 0 fully saturated rings. The molecule has 0 aromatic heterocycles. The van der Waals surface area contributed by atoms with Crippen LogP contribution in [0.15, 0.2) is 46.9 Å². The molecule has 0 bridgehead atoms. The van der Waals surface area contributed by atoms with Crippen LogP contribution in [0.4, 0.5) is 10.1 Å². The van der Waals surface area contributed by atoms with Crippen molar-refractivity contribution in [2.45, 2.75) is 13.0 Å². The van der Waals surface area contributed by atoms with Crippen LogP contribution in [0.3, 0.4) is 0 Å². The van der Waals surface area contributed by atoms with Gasteiger partial charge in [0.05, 0.1) is 6.04 Å². The zero-order valence-corrected chi connectivity index (χ0v) is 14.2. The molecule has 0 spiro atoms. The third kappa shape index (κ3) is 3.41. The number of nitrogens with zero attached hydrogens (tertiary/aromatic N) is 1. The number of thiocarbonyl (C=S) groups is 1. The highest BCUT2D eigenvalue weighted by Gasteiger charge is 2.16. The Morgan fingerprint density at radius 2 is 1.95 bits per heavy atom. The van der Waals surface area contributed by atoms with Crippen LogP contribution in [0.1, 0.15) is 24.1 Å². The third-order valence-corrected chi connectivity index (χ3v) is 4.44. The van der Waals surface area contributed by atoms with Crippen molar-refractivity contribution in [3.8, 4) is 0 Å². The van der Waals surface area contributed by atoms with E-state index in [4.69, 9.17) is 18.0 Å². The molecule has 2 aromatic carbocycles. The Bertz CT molecular complexity index is 675. The topological polar surface area (TPSA) is 29.3 Å². The first kappa shape index (κ1) is 15.9. The monoisotopic (exact) mass is 366 g/mol. The van der Waals surface area contributed by atoms with Crippen molar-refractivity contribution >= 4 is 38.8 Å². The molecule has 1 atom stereocenters. The third-order valence-electron chi connectivity index (χ3n) is 3.56. The molecule has 21 heavy (non-hydrogen) atoms. The van der Waals surface area contributed by atoms with Crippen LogP contribution in [-0.4, -0.2) is 12.0 Å². The minimum Gasteiger partial charge on any atom is -0.389 e. The lowest BCUT2D eigenvalue weighted by atomic mass is 10.1. The average molecular weight is 367 g/mol. The molecule has 0 saturated heterocycles. The van der Waals surface area contributed by atoms with E-state index in [0.29, 0.717) is 10.6 Å². The molecule has 2 N–H and O–H groups in total. The predicted molar refractivity (Wildman–Crippen MR) is 93.2 cm³/mol. The van der Waals surface area contributed by atoms with Crippen molar-refractivity contribution in [1.29, 1.82) is 0 Å². The first-order chi connectivity index (χ1) is 9.91. The highest BCUT2D eigenvalue weighted by atomic mass is 79.9. The molecule has 0 heterocycles. The van der Waals surface area contributed by atoms with E-state index in [1.54, 1.807) is 12.1 Å². The van der Waals surface area contributed by atoms with E-state index < -0.39 is 0 Å². The highest BCUT2D eigenvalue weighted by molar-refractivity contribution is 9.10. The molecule has 1 unspecified atom stereocenters. The summed E-state index contributed by atoms with van der Waals surface area (Å²) in [5.74, 6) is -0.198. The van der Waals surface area contributed by atoms with Crippen molar-refractivity contribution in [1.82, 2.24) is 0 Å². The first-order valence-corrected chi connectivity index (χ1v) is 7.68. The Morgan fingerprint density at radius 1 is 1.29 bits per heavy atom. The van der Waals surface area contributed by atoms with Gasteiger partial charge in [-0.05, 0) is 47.1 Å². The van der Waals surface area contributed by atoms with Gasteiger partial charge in [0.1, 0.15) is 10.8 Å². The molecule has 5 heteroatoms. The van der Waals surface area contributed by atoms with Crippen molar-refractivity contribution in [2.75, 3.05) is 11.9 Å². The molecule has 2 nitrogen and oxygen atoms in total. The second kappa shape index (κ2) is 6.54. The van der Waals surface area contributed by atoms with Gasteiger partial charge in [-0.2, -0.15) is 0 Å². The number of hydrogen-bond donors (Lipinski definition) is 1. The van der Waals surface area contributed by atoms with E-state index in [1.165, 1.54) is 6.07 Å². The molecule has 2 aromatic rings.